The molecule has 0 saturated carbocycles. The molecule has 112 valence electrons. The Kier molecular flexibility index (Phi) is 5.40. The van der Waals surface area contributed by atoms with Gasteiger partial charge in [-0.05, 0) is 43.8 Å². The second-order valence-corrected chi connectivity index (χ2v) is 6.94. The van der Waals surface area contributed by atoms with Crippen LogP contribution in [0.2, 0.25) is 0 Å². The van der Waals surface area contributed by atoms with Crippen molar-refractivity contribution in [2.75, 3.05) is 13.1 Å². The van der Waals surface area contributed by atoms with Crippen LogP contribution in [0.15, 0.2) is 27.5 Å². The second-order valence-electron chi connectivity index (χ2n) is 5.46. The number of amidine groups is 1. The zero-order valence-corrected chi connectivity index (χ0v) is 13.0. The molecule has 2 aliphatic rings. The number of hydrogen-bond donors (Lipinski definition) is 0. The molecule has 0 radical (unpaired) electrons. The van der Waals surface area contributed by atoms with E-state index in [0.717, 1.165) is 50.8 Å². The Morgan fingerprint density at radius 1 is 1.20 bits per heavy atom. The molecule has 2 rings (SSSR count). The first-order chi connectivity index (χ1) is 9.62. The maximum absolute atomic E-state index is 11.9. The van der Waals surface area contributed by atoms with Gasteiger partial charge in [0, 0.05) is 13.1 Å². The van der Waals surface area contributed by atoms with Crippen molar-refractivity contribution in [2.45, 2.75) is 51.9 Å². The van der Waals surface area contributed by atoms with Crippen molar-refractivity contribution in [1.29, 1.82) is 0 Å². The standard InChI is InChI=1S/C15H24N2O2S/c1-2-3-5-9-14-10-8-13-20(18,19)16-15(14)17-11-6-4-7-12-17/h8,10,13H,2-7,9,11-12H2,1H3. The molecule has 0 bridgehead atoms. The molecule has 0 atom stereocenters. The lowest BCUT2D eigenvalue weighted by atomic mass is 10.0. The third-order valence-corrected chi connectivity index (χ3v) is 4.68. The lowest BCUT2D eigenvalue weighted by molar-refractivity contribution is 0.342. The van der Waals surface area contributed by atoms with Crippen molar-refractivity contribution >= 4 is 15.9 Å². The maximum Gasteiger partial charge on any atom is 0.277 e. The minimum atomic E-state index is -3.47. The quantitative estimate of drug-likeness (QED) is 0.748. The highest BCUT2D eigenvalue weighted by Crippen LogP contribution is 2.21. The number of hydrogen-bond acceptors (Lipinski definition) is 3. The van der Waals surface area contributed by atoms with Gasteiger partial charge in [-0.1, -0.05) is 25.8 Å². The Hall–Kier alpha value is -1.10. The normalized spacial score (nSPS) is 22.1. The van der Waals surface area contributed by atoms with E-state index in [2.05, 4.69) is 16.2 Å². The molecule has 2 aliphatic heterocycles. The van der Waals surface area contributed by atoms with E-state index in [1.807, 2.05) is 6.08 Å². The number of likely N-dealkylation sites (tertiary alicyclic amines) is 1. The van der Waals surface area contributed by atoms with Gasteiger partial charge in [0.25, 0.3) is 10.0 Å². The Bertz CT molecular complexity index is 512. The third kappa shape index (κ3) is 4.20. The first-order valence-corrected chi connectivity index (χ1v) is 9.10. The first kappa shape index (κ1) is 15.3. The fraction of sp³-hybridized carbons (Fsp3) is 0.667. The molecule has 2 heterocycles. The molecule has 0 amide bonds. The average Bonchev–Trinajstić information content (AvgIpc) is 2.59. The van der Waals surface area contributed by atoms with Crippen LogP contribution < -0.4 is 0 Å². The molecule has 0 aliphatic carbocycles. The lowest BCUT2D eigenvalue weighted by Crippen LogP contribution is -2.37. The summed E-state index contributed by atoms with van der Waals surface area (Å²) < 4.78 is 27.8. The molecule has 0 aromatic carbocycles. The fourth-order valence-corrected chi connectivity index (χ4v) is 3.48. The van der Waals surface area contributed by atoms with Gasteiger partial charge in [0.1, 0.15) is 5.84 Å². The number of nitrogens with zero attached hydrogens (tertiary/aromatic N) is 2. The van der Waals surface area contributed by atoms with Gasteiger partial charge in [-0.2, -0.15) is 8.42 Å². The molecule has 0 spiro atoms. The Labute approximate surface area is 122 Å². The molecule has 1 fully saturated rings. The van der Waals surface area contributed by atoms with Crippen molar-refractivity contribution in [3.8, 4) is 0 Å². The summed E-state index contributed by atoms with van der Waals surface area (Å²) in [6.45, 7) is 4.00. The van der Waals surface area contributed by atoms with Gasteiger partial charge in [0.05, 0.1) is 5.41 Å². The van der Waals surface area contributed by atoms with E-state index in [0.29, 0.717) is 5.84 Å². The van der Waals surface area contributed by atoms with Crippen molar-refractivity contribution in [2.24, 2.45) is 4.40 Å². The van der Waals surface area contributed by atoms with Crippen LogP contribution in [0, 0.1) is 0 Å². The van der Waals surface area contributed by atoms with E-state index in [1.165, 1.54) is 18.2 Å². The number of rotatable bonds is 4. The van der Waals surface area contributed by atoms with Crippen molar-refractivity contribution in [3.05, 3.63) is 23.1 Å². The van der Waals surface area contributed by atoms with E-state index in [9.17, 15) is 8.42 Å². The van der Waals surface area contributed by atoms with Crippen molar-refractivity contribution in [3.63, 3.8) is 0 Å². The largest absolute Gasteiger partial charge is 0.356 e. The number of allylic oxidation sites excluding steroid dienone is 2. The van der Waals surface area contributed by atoms with E-state index < -0.39 is 10.0 Å². The molecular weight excluding hydrogens is 272 g/mol. The van der Waals surface area contributed by atoms with Gasteiger partial charge in [-0.15, -0.1) is 4.40 Å². The van der Waals surface area contributed by atoms with Gasteiger partial charge in [-0.3, -0.25) is 0 Å². The van der Waals surface area contributed by atoms with Crippen molar-refractivity contribution in [1.82, 2.24) is 4.90 Å². The zero-order valence-electron chi connectivity index (χ0n) is 12.2. The average molecular weight is 296 g/mol. The molecule has 0 unspecified atom stereocenters. The third-order valence-electron chi connectivity index (χ3n) is 3.75. The lowest BCUT2D eigenvalue weighted by Gasteiger charge is -2.30. The minimum Gasteiger partial charge on any atom is -0.356 e. The number of sulfonamides is 1. The van der Waals surface area contributed by atoms with Gasteiger partial charge >= 0.3 is 0 Å². The van der Waals surface area contributed by atoms with Gasteiger partial charge in [0.2, 0.25) is 0 Å². The Balaban J connectivity index is 2.21. The monoisotopic (exact) mass is 296 g/mol. The summed E-state index contributed by atoms with van der Waals surface area (Å²) in [5.74, 6) is 0.686. The Morgan fingerprint density at radius 2 is 1.95 bits per heavy atom. The minimum absolute atomic E-state index is 0.686. The van der Waals surface area contributed by atoms with Crippen LogP contribution in [0.25, 0.3) is 0 Å². The molecule has 20 heavy (non-hydrogen) atoms. The molecule has 5 heteroatoms. The van der Waals surface area contributed by atoms with Crippen LogP contribution in [0.1, 0.15) is 51.9 Å². The highest BCUT2D eigenvalue weighted by atomic mass is 32.2. The summed E-state index contributed by atoms with van der Waals surface area (Å²) in [6, 6.07) is 0. The summed E-state index contributed by atoms with van der Waals surface area (Å²) in [7, 11) is -3.47. The molecule has 0 aromatic rings. The van der Waals surface area contributed by atoms with Crippen LogP contribution >= 0.6 is 0 Å². The summed E-state index contributed by atoms with van der Waals surface area (Å²) in [4.78, 5) is 2.14. The summed E-state index contributed by atoms with van der Waals surface area (Å²) >= 11 is 0. The van der Waals surface area contributed by atoms with Crippen LogP contribution in [-0.2, 0) is 10.0 Å². The van der Waals surface area contributed by atoms with E-state index >= 15 is 0 Å². The number of unbranched alkanes of at least 4 members (excludes halogenated alkanes) is 2. The summed E-state index contributed by atoms with van der Waals surface area (Å²) in [5.41, 5.74) is 1.07. The van der Waals surface area contributed by atoms with Gasteiger partial charge < -0.3 is 4.90 Å². The van der Waals surface area contributed by atoms with Crippen LogP contribution in [-0.4, -0.2) is 32.2 Å². The highest BCUT2D eigenvalue weighted by Gasteiger charge is 2.21. The fourth-order valence-electron chi connectivity index (χ4n) is 2.67. The summed E-state index contributed by atoms with van der Waals surface area (Å²) in [6.07, 6.45) is 11.3. The van der Waals surface area contributed by atoms with Crippen molar-refractivity contribution < 1.29 is 8.42 Å². The van der Waals surface area contributed by atoms with E-state index in [-0.39, 0.29) is 0 Å². The highest BCUT2D eigenvalue weighted by molar-refractivity contribution is 7.93. The smallest absolute Gasteiger partial charge is 0.277 e. The Morgan fingerprint density at radius 3 is 2.65 bits per heavy atom. The SMILES string of the molecule is CCCCCC1=CC=CS(=O)(=O)N=C1N1CCCCC1. The topological polar surface area (TPSA) is 49.7 Å². The molecule has 4 nitrogen and oxygen atoms in total. The van der Waals surface area contributed by atoms with Crippen LogP contribution in [0.5, 0.6) is 0 Å². The van der Waals surface area contributed by atoms with Crippen LogP contribution in [0.3, 0.4) is 0 Å². The number of piperidine rings is 1. The van der Waals surface area contributed by atoms with Crippen LogP contribution in [0.4, 0.5) is 0 Å². The maximum atomic E-state index is 11.9. The predicted molar refractivity (Wildman–Crippen MR) is 83.1 cm³/mol. The molecular formula is C15H24N2O2S. The molecule has 0 N–H and O–H groups in total. The zero-order chi connectivity index (χ0) is 14.4. The molecule has 1 saturated heterocycles. The predicted octanol–water partition coefficient (Wildman–Crippen LogP) is 3.23. The van der Waals surface area contributed by atoms with Gasteiger partial charge in [-0.25, -0.2) is 0 Å². The first-order valence-electron chi connectivity index (χ1n) is 7.60. The second kappa shape index (κ2) is 7.07. The molecule has 0 aromatic heterocycles. The summed E-state index contributed by atoms with van der Waals surface area (Å²) in [5, 5.41) is 1.20. The van der Waals surface area contributed by atoms with E-state index in [1.54, 1.807) is 6.08 Å². The van der Waals surface area contributed by atoms with E-state index in [4.69, 9.17) is 0 Å². The van der Waals surface area contributed by atoms with Gasteiger partial charge in [0.15, 0.2) is 0 Å².